The van der Waals surface area contributed by atoms with Gasteiger partial charge in [-0.05, 0) is 55.6 Å². The van der Waals surface area contributed by atoms with E-state index in [4.69, 9.17) is 0 Å². The topological polar surface area (TPSA) is 47.0 Å². The number of nitrogens with zero attached hydrogens (tertiary/aromatic N) is 1. The van der Waals surface area contributed by atoms with Crippen molar-refractivity contribution in [3.05, 3.63) is 64.9 Å². The van der Waals surface area contributed by atoms with E-state index >= 15 is 0 Å². The van der Waals surface area contributed by atoms with Crippen LogP contribution in [-0.4, -0.2) is 13.4 Å². The first-order chi connectivity index (χ1) is 11.9. The third-order valence-electron chi connectivity index (χ3n) is 4.13. The minimum Gasteiger partial charge on any atom is -0.240 e. The summed E-state index contributed by atoms with van der Waals surface area (Å²) < 4.78 is 40.8. The summed E-state index contributed by atoms with van der Waals surface area (Å²) in [4.78, 5) is 4.77. The zero-order valence-electron chi connectivity index (χ0n) is 13.6. The van der Waals surface area contributed by atoms with E-state index in [1.54, 1.807) is 30.3 Å². The Hall–Kier alpha value is -2.31. The Morgan fingerprint density at radius 1 is 1.00 bits per heavy atom. The molecule has 6 heteroatoms. The van der Waals surface area contributed by atoms with Crippen LogP contribution in [-0.2, 0) is 9.84 Å². The molecule has 0 N–H and O–H groups in total. The summed E-state index contributed by atoms with van der Waals surface area (Å²) in [6, 6.07) is 12.6. The SMILES string of the molecule is Cc1ccc(S(=O)(=O)c2cc3cc(F)ccc3c3sc(C)nc23)cc1. The smallest absolute Gasteiger partial charge is 0.208 e. The highest BCUT2D eigenvalue weighted by Crippen LogP contribution is 2.37. The molecule has 4 rings (SSSR count). The Bertz CT molecular complexity index is 1230. The standard InChI is InChI=1S/C19H14FNO2S2/c1-11-3-6-15(7-4-11)25(22,23)17-10-13-9-14(20)5-8-16(13)19-18(17)21-12(2)24-19/h3-10H,1-2H3. The number of sulfone groups is 1. The van der Waals surface area contributed by atoms with Crippen molar-refractivity contribution in [1.29, 1.82) is 0 Å². The summed E-state index contributed by atoms with van der Waals surface area (Å²) in [6.45, 7) is 3.74. The zero-order valence-corrected chi connectivity index (χ0v) is 15.2. The molecule has 0 aliphatic carbocycles. The molecule has 0 aliphatic heterocycles. The van der Waals surface area contributed by atoms with Crippen molar-refractivity contribution >= 4 is 42.2 Å². The van der Waals surface area contributed by atoms with Crippen molar-refractivity contribution in [2.24, 2.45) is 0 Å². The van der Waals surface area contributed by atoms with Gasteiger partial charge in [-0.25, -0.2) is 17.8 Å². The van der Waals surface area contributed by atoms with E-state index < -0.39 is 15.7 Å². The number of fused-ring (bicyclic) bond motifs is 3. The van der Waals surface area contributed by atoms with Crippen LogP contribution in [0.2, 0.25) is 0 Å². The van der Waals surface area contributed by atoms with Gasteiger partial charge in [0.2, 0.25) is 9.84 Å². The highest BCUT2D eigenvalue weighted by atomic mass is 32.2. The molecular weight excluding hydrogens is 357 g/mol. The van der Waals surface area contributed by atoms with Crippen molar-refractivity contribution in [2.45, 2.75) is 23.6 Å². The van der Waals surface area contributed by atoms with Crippen LogP contribution < -0.4 is 0 Å². The largest absolute Gasteiger partial charge is 0.240 e. The predicted molar refractivity (Wildman–Crippen MR) is 98.5 cm³/mol. The van der Waals surface area contributed by atoms with Crippen LogP contribution in [0.1, 0.15) is 10.6 Å². The van der Waals surface area contributed by atoms with Crippen LogP contribution in [0.15, 0.2) is 58.3 Å². The maximum Gasteiger partial charge on any atom is 0.208 e. The molecule has 4 aromatic rings. The van der Waals surface area contributed by atoms with Gasteiger partial charge in [-0.3, -0.25) is 0 Å². The average molecular weight is 371 g/mol. The molecular formula is C19H14FNO2S2. The maximum atomic E-state index is 13.7. The molecule has 0 saturated carbocycles. The molecule has 0 atom stereocenters. The van der Waals surface area contributed by atoms with E-state index in [-0.39, 0.29) is 9.79 Å². The van der Waals surface area contributed by atoms with Gasteiger partial charge in [-0.2, -0.15) is 0 Å². The summed E-state index contributed by atoms with van der Waals surface area (Å²) in [5, 5.41) is 2.14. The summed E-state index contributed by atoms with van der Waals surface area (Å²) >= 11 is 1.42. The molecule has 0 amide bonds. The highest BCUT2D eigenvalue weighted by molar-refractivity contribution is 7.91. The van der Waals surface area contributed by atoms with Gasteiger partial charge in [-0.15, -0.1) is 11.3 Å². The first kappa shape index (κ1) is 16.2. The van der Waals surface area contributed by atoms with Gasteiger partial charge in [0, 0.05) is 5.39 Å². The number of thiazole rings is 1. The number of hydrogen-bond donors (Lipinski definition) is 0. The summed E-state index contributed by atoms with van der Waals surface area (Å²) in [7, 11) is -3.75. The normalized spacial score (nSPS) is 12.1. The fourth-order valence-corrected chi connectivity index (χ4v) is 5.37. The molecule has 1 aromatic heterocycles. The van der Waals surface area contributed by atoms with Crippen molar-refractivity contribution in [1.82, 2.24) is 4.98 Å². The van der Waals surface area contributed by atoms with E-state index in [0.717, 1.165) is 20.7 Å². The van der Waals surface area contributed by atoms with Crippen LogP contribution in [0.4, 0.5) is 4.39 Å². The van der Waals surface area contributed by atoms with Crippen LogP contribution in [0, 0.1) is 19.7 Å². The third kappa shape index (κ3) is 2.62. The Morgan fingerprint density at radius 2 is 1.72 bits per heavy atom. The van der Waals surface area contributed by atoms with Gasteiger partial charge in [-0.1, -0.05) is 17.7 Å². The lowest BCUT2D eigenvalue weighted by molar-refractivity contribution is 0.597. The van der Waals surface area contributed by atoms with Gasteiger partial charge < -0.3 is 0 Å². The zero-order chi connectivity index (χ0) is 17.8. The molecule has 0 fully saturated rings. The average Bonchev–Trinajstić information content (AvgIpc) is 2.95. The van der Waals surface area contributed by atoms with Gasteiger partial charge >= 0.3 is 0 Å². The van der Waals surface area contributed by atoms with Gasteiger partial charge in [0.1, 0.15) is 11.3 Å². The molecule has 25 heavy (non-hydrogen) atoms. The van der Waals surface area contributed by atoms with E-state index in [1.165, 1.54) is 29.5 Å². The molecule has 0 bridgehead atoms. The number of benzene rings is 3. The van der Waals surface area contributed by atoms with Crippen LogP contribution in [0.3, 0.4) is 0 Å². The molecule has 3 nitrogen and oxygen atoms in total. The monoisotopic (exact) mass is 371 g/mol. The molecule has 0 spiro atoms. The molecule has 0 radical (unpaired) electrons. The molecule has 126 valence electrons. The Morgan fingerprint density at radius 3 is 2.44 bits per heavy atom. The first-order valence-electron chi connectivity index (χ1n) is 7.67. The van der Waals surface area contributed by atoms with Crippen molar-refractivity contribution in [3.8, 4) is 0 Å². The van der Waals surface area contributed by atoms with E-state index in [0.29, 0.717) is 10.9 Å². The van der Waals surface area contributed by atoms with E-state index in [9.17, 15) is 12.8 Å². The van der Waals surface area contributed by atoms with Crippen molar-refractivity contribution in [2.75, 3.05) is 0 Å². The van der Waals surface area contributed by atoms with Crippen molar-refractivity contribution < 1.29 is 12.8 Å². The maximum absolute atomic E-state index is 13.7. The third-order valence-corrected chi connectivity index (χ3v) is 6.92. The number of aromatic nitrogens is 1. The fraction of sp³-hybridized carbons (Fsp3) is 0.105. The minimum atomic E-state index is -3.75. The Kier molecular flexibility index (Phi) is 3.63. The van der Waals surface area contributed by atoms with Crippen LogP contribution in [0.5, 0.6) is 0 Å². The van der Waals surface area contributed by atoms with Crippen LogP contribution in [0.25, 0.3) is 21.0 Å². The fourth-order valence-electron chi connectivity index (χ4n) is 2.90. The van der Waals surface area contributed by atoms with Gasteiger partial charge in [0.25, 0.3) is 0 Å². The number of halogens is 1. The minimum absolute atomic E-state index is 0.119. The summed E-state index contributed by atoms with van der Waals surface area (Å²) in [5.74, 6) is -0.397. The van der Waals surface area contributed by atoms with Crippen molar-refractivity contribution in [3.63, 3.8) is 0 Å². The highest BCUT2D eigenvalue weighted by Gasteiger charge is 2.24. The molecule has 3 aromatic carbocycles. The second-order valence-corrected chi connectivity index (χ2v) is 9.09. The summed E-state index contributed by atoms with van der Waals surface area (Å²) in [5.41, 5.74) is 1.43. The second kappa shape index (κ2) is 5.61. The van der Waals surface area contributed by atoms with Gasteiger partial charge in [0.15, 0.2) is 0 Å². The second-order valence-electron chi connectivity index (χ2n) is 5.97. The Labute approximate surface area is 148 Å². The molecule has 0 unspecified atom stereocenters. The number of rotatable bonds is 2. The molecule has 0 saturated heterocycles. The number of aryl methyl sites for hydroxylation is 2. The number of hydrogen-bond acceptors (Lipinski definition) is 4. The summed E-state index contributed by atoms with van der Waals surface area (Å²) in [6.07, 6.45) is 0. The molecule has 0 aliphatic rings. The lowest BCUT2D eigenvalue weighted by Crippen LogP contribution is -2.03. The lowest BCUT2D eigenvalue weighted by Gasteiger charge is -2.08. The van der Waals surface area contributed by atoms with E-state index in [1.807, 2.05) is 13.8 Å². The first-order valence-corrected chi connectivity index (χ1v) is 9.97. The quantitative estimate of drug-likeness (QED) is 0.496. The molecule has 1 heterocycles. The van der Waals surface area contributed by atoms with Gasteiger partial charge in [0.05, 0.1) is 19.5 Å². The van der Waals surface area contributed by atoms with Crippen LogP contribution >= 0.6 is 11.3 Å². The lowest BCUT2D eigenvalue weighted by atomic mass is 10.1. The van der Waals surface area contributed by atoms with E-state index in [2.05, 4.69) is 4.98 Å². The Balaban J connectivity index is 2.10. The predicted octanol–water partition coefficient (Wildman–Crippen LogP) is 5.04.